The molecular weight excluding hydrogens is 772 g/mol. The van der Waals surface area contributed by atoms with Crippen LogP contribution in [-0.4, -0.2) is 84.6 Å². The third kappa shape index (κ3) is 8.09. The Bertz CT molecular complexity index is 2040. The van der Waals surface area contributed by atoms with Crippen molar-refractivity contribution < 1.29 is 73.6 Å². The van der Waals surface area contributed by atoms with Gasteiger partial charge in [0, 0.05) is 23.9 Å². The number of hydrogen-bond acceptors (Lipinski definition) is 10. The number of nitrogens with zero attached hydrogens (tertiary/aromatic N) is 5. The molecule has 3 aromatic rings. The van der Waals surface area contributed by atoms with E-state index in [1.54, 1.807) is 0 Å². The second-order valence-corrected chi connectivity index (χ2v) is 12.3. The predicted octanol–water partition coefficient (Wildman–Crippen LogP) is 6.30. The molecule has 0 unspecified atom stereocenters. The highest BCUT2D eigenvalue weighted by atomic mass is 35.5. The maximum absolute atomic E-state index is 14.0. The normalized spacial score (nSPS) is 18.2. The quantitative estimate of drug-likeness (QED) is 0.0959. The van der Waals surface area contributed by atoms with E-state index < -0.39 is 83.8 Å². The minimum atomic E-state index is -6.40. The van der Waals surface area contributed by atoms with Crippen molar-refractivity contribution in [2.45, 2.75) is 68.1 Å². The van der Waals surface area contributed by atoms with Crippen molar-refractivity contribution in [2.75, 3.05) is 6.73 Å². The van der Waals surface area contributed by atoms with Crippen LogP contribution in [0.1, 0.15) is 53.7 Å². The van der Waals surface area contributed by atoms with Gasteiger partial charge in [-0.25, -0.2) is 19.1 Å². The summed E-state index contributed by atoms with van der Waals surface area (Å²) in [6, 6.07) is 5.55. The van der Waals surface area contributed by atoms with Gasteiger partial charge in [-0.2, -0.15) is 50.6 Å². The van der Waals surface area contributed by atoms with Crippen molar-refractivity contribution in [1.82, 2.24) is 24.9 Å². The number of alkyl halides is 8. The first-order valence-electron chi connectivity index (χ1n) is 15.3. The summed E-state index contributed by atoms with van der Waals surface area (Å²) >= 11 is 6.30. The molecule has 23 heteroatoms. The molecule has 0 aliphatic heterocycles. The van der Waals surface area contributed by atoms with Crippen molar-refractivity contribution in [1.29, 1.82) is 5.26 Å². The molecule has 2 aromatic heterocycles. The molecule has 288 valence electrons. The molecule has 54 heavy (non-hydrogen) atoms. The van der Waals surface area contributed by atoms with Crippen molar-refractivity contribution in [3.05, 3.63) is 64.6 Å². The van der Waals surface area contributed by atoms with E-state index in [9.17, 15) is 59.6 Å². The molecule has 0 saturated heterocycles. The zero-order chi connectivity index (χ0) is 39.8. The van der Waals surface area contributed by atoms with Gasteiger partial charge in [-0.05, 0) is 49.8 Å². The first kappa shape index (κ1) is 39.5. The summed E-state index contributed by atoms with van der Waals surface area (Å²) < 4.78 is 124. The van der Waals surface area contributed by atoms with Crippen LogP contribution in [0.2, 0.25) is 5.02 Å². The van der Waals surface area contributed by atoms with Crippen LogP contribution < -0.4 is 0 Å². The average molecular weight is 795 g/mol. The van der Waals surface area contributed by atoms with Gasteiger partial charge in [-0.1, -0.05) is 17.7 Å². The summed E-state index contributed by atoms with van der Waals surface area (Å²) in [4.78, 5) is 49.9. The molecule has 2 saturated carbocycles. The van der Waals surface area contributed by atoms with Gasteiger partial charge in [0.1, 0.15) is 29.0 Å². The number of halogens is 9. The second kappa shape index (κ2) is 14.6. The number of carbonyl (C=O) groups excluding carboxylic acids is 3. The smallest absolute Gasteiger partial charge is 0.478 e. The van der Waals surface area contributed by atoms with Crippen molar-refractivity contribution in [2.24, 2.45) is 0 Å². The van der Waals surface area contributed by atoms with Gasteiger partial charge in [0.05, 0.1) is 22.9 Å². The number of hydrogen-bond donors (Lipinski definition) is 2. The Labute approximate surface area is 301 Å². The summed E-state index contributed by atoms with van der Waals surface area (Å²) in [7, 11) is 0. The SMILES string of the molecule is N#CC1(N(COC(=O)O[C@H]2CCC[C@@H]2OC(=O)/C=C/C(=O)O)C(=O)c2cc(-c3cnn(-c4n[nH]c(C(F)(F)C(F)(F)F)c4C(F)(F)F)c3)ccc2Cl)CC1. The van der Waals surface area contributed by atoms with E-state index in [1.807, 2.05) is 6.07 Å². The van der Waals surface area contributed by atoms with Crippen LogP contribution in [-0.2, 0) is 35.9 Å². The lowest BCUT2D eigenvalue weighted by atomic mass is 10.0. The van der Waals surface area contributed by atoms with Gasteiger partial charge in [0.15, 0.2) is 12.5 Å². The number of rotatable bonds is 11. The van der Waals surface area contributed by atoms with E-state index in [0.29, 0.717) is 23.3 Å². The fraction of sp³-hybridized carbons (Fsp3) is 0.387. The van der Waals surface area contributed by atoms with Crippen LogP contribution >= 0.6 is 11.6 Å². The molecule has 0 radical (unpaired) electrons. The maximum atomic E-state index is 14.0. The number of aromatic amines is 1. The number of aromatic nitrogens is 4. The number of nitriles is 1. The Kier molecular flexibility index (Phi) is 10.7. The predicted molar refractivity (Wildman–Crippen MR) is 162 cm³/mol. The fourth-order valence-electron chi connectivity index (χ4n) is 5.44. The molecule has 2 atom stereocenters. The molecule has 2 aliphatic carbocycles. The van der Waals surface area contributed by atoms with Crippen molar-refractivity contribution in [3.8, 4) is 23.0 Å². The van der Waals surface area contributed by atoms with Crippen LogP contribution in [0, 0.1) is 11.3 Å². The first-order valence-corrected chi connectivity index (χ1v) is 15.7. The van der Waals surface area contributed by atoms with E-state index in [-0.39, 0.29) is 47.4 Å². The molecule has 0 spiro atoms. The molecule has 2 fully saturated rings. The molecule has 5 rings (SSSR count). The summed E-state index contributed by atoms with van der Waals surface area (Å²) in [5.74, 6) is -10.7. The second-order valence-electron chi connectivity index (χ2n) is 11.9. The maximum Gasteiger partial charge on any atom is 0.510 e. The summed E-state index contributed by atoms with van der Waals surface area (Å²) in [5.41, 5.74) is -6.79. The Balaban J connectivity index is 1.35. The summed E-state index contributed by atoms with van der Waals surface area (Å²) in [5, 5.41) is 26.1. The average Bonchev–Trinajstić information content (AvgIpc) is 3.40. The number of ether oxygens (including phenoxy) is 3. The lowest BCUT2D eigenvalue weighted by molar-refractivity contribution is -0.292. The molecule has 14 nitrogen and oxygen atoms in total. The van der Waals surface area contributed by atoms with Gasteiger partial charge in [0.2, 0.25) is 0 Å². The lowest BCUT2D eigenvalue weighted by Gasteiger charge is -2.27. The Morgan fingerprint density at radius 1 is 1.06 bits per heavy atom. The van der Waals surface area contributed by atoms with Crippen LogP contribution in [0.3, 0.4) is 0 Å². The molecule has 2 N–H and O–H groups in total. The molecule has 2 aliphatic rings. The van der Waals surface area contributed by atoms with E-state index in [1.165, 1.54) is 12.1 Å². The Morgan fingerprint density at radius 3 is 2.31 bits per heavy atom. The first-order chi connectivity index (χ1) is 25.2. The summed E-state index contributed by atoms with van der Waals surface area (Å²) in [6.07, 6.45) is -11.1. The van der Waals surface area contributed by atoms with Crippen molar-refractivity contribution >= 4 is 35.6 Å². The number of nitrogens with one attached hydrogen (secondary N) is 1. The van der Waals surface area contributed by atoms with E-state index in [4.69, 9.17) is 30.9 Å². The van der Waals surface area contributed by atoms with Crippen LogP contribution in [0.4, 0.5) is 39.9 Å². The van der Waals surface area contributed by atoms with Gasteiger partial charge in [-0.15, -0.1) is 0 Å². The monoisotopic (exact) mass is 794 g/mol. The fourth-order valence-corrected chi connectivity index (χ4v) is 5.64. The number of esters is 1. The third-order valence-electron chi connectivity index (χ3n) is 8.30. The molecule has 1 amide bonds. The number of carboxylic acids is 1. The minimum absolute atomic E-state index is 0.0287. The number of benzene rings is 1. The van der Waals surface area contributed by atoms with Gasteiger partial charge < -0.3 is 19.3 Å². The highest BCUT2D eigenvalue weighted by Gasteiger charge is 2.63. The zero-order valence-corrected chi connectivity index (χ0v) is 27.6. The number of amides is 1. The van der Waals surface area contributed by atoms with Crippen LogP contribution in [0.25, 0.3) is 16.9 Å². The Morgan fingerprint density at radius 2 is 1.72 bits per heavy atom. The van der Waals surface area contributed by atoms with E-state index >= 15 is 0 Å². The topological polar surface area (TPSA) is 190 Å². The molecule has 2 heterocycles. The Hall–Kier alpha value is -5.72. The lowest BCUT2D eigenvalue weighted by Crippen LogP contribution is -2.44. The van der Waals surface area contributed by atoms with Crippen LogP contribution in [0.5, 0.6) is 0 Å². The van der Waals surface area contributed by atoms with E-state index in [2.05, 4.69) is 10.2 Å². The molecular formula is C31H23ClF8N6O8. The largest absolute Gasteiger partial charge is 0.510 e. The number of carboxylic acid groups (broad SMARTS) is 1. The van der Waals surface area contributed by atoms with Gasteiger partial charge in [0.25, 0.3) is 5.91 Å². The number of H-pyrrole nitrogens is 1. The van der Waals surface area contributed by atoms with Gasteiger partial charge >= 0.3 is 36.4 Å². The van der Waals surface area contributed by atoms with Gasteiger partial charge in [-0.3, -0.25) is 14.8 Å². The summed E-state index contributed by atoms with van der Waals surface area (Å²) in [6.45, 7) is -0.841. The van der Waals surface area contributed by atoms with E-state index in [0.717, 1.165) is 28.5 Å². The number of aliphatic carboxylic acids is 1. The third-order valence-corrected chi connectivity index (χ3v) is 8.63. The highest BCUT2D eigenvalue weighted by molar-refractivity contribution is 6.34. The molecule has 1 aromatic carbocycles. The molecule has 0 bridgehead atoms. The highest BCUT2D eigenvalue weighted by Crippen LogP contribution is 2.49. The van der Waals surface area contributed by atoms with Crippen LogP contribution in [0.15, 0.2) is 42.7 Å². The number of carbonyl (C=O) groups is 4. The minimum Gasteiger partial charge on any atom is -0.478 e. The standard InChI is InChI=1S/C31H23ClF8N6O8/c32-18-5-4-15(16-11-42-46(12-16)25-23(30(35,36)37)24(43-44-25)29(33,34)31(38,39)40)10-17(18)26(50)45(28(13-41)8-9-28)14-52-27(51)54-20-3-1-2-19(20)53-22(49)7-6-21(47)48/h4-7,10-12,19-20H,1-3,8-9,14H2,(H,43,44)(H,47,48)/b7-6+/t19-,20-/m0/s1. The zero-order valence-electron chi connectivity index (χ0n) is 26.9. The van der Waals surface area contributed by atoms with Crippen molar-refractivity contribution in [3.63, 3.8) is 0 Å².